The fraction of sp³-hybridized carbons (Fsp3) is 0.289. The molecule has 0 saturated heterocycles. The van der Waals surface area contributed by atoms with Gasteiger partial charge in [0.25, 0.3) is 11.8 Å². The third-order valence-electron chi connectivity index (χ3n) is 8.01. The summed E-state index contributed by atoms with van der Waals surface area (Å²) in [5, 5.41) is 17.1. The Morgan fingerprint density at radius 2 is 1.55 bits per heavy atom. The molecule has 0 radical (unpaired) electrons. The summed E-state index contributed by atoms with van der Waals surface area (Å²) in [6, 6.07) is 25.2. The smallest absolute Gasteiger partial charge is 0.407 e. The average Bonchev–Trinajstić information content (AvgIpc) is 3.08. The first-order valence-corrected chi connectivity index (χ1v) is 15.9. The highest BCUT2D eigenvalue weighted by Crippen LogP contribution is 2.22. The van der Waals surface area contributed by atoms with Crippen molar-refractivity contribution in [1.29, 1.82) is 0 Å². The first-order chi connectivity index (χ1) is 23.3. The summed E-state index contributed by atoms with van der Waals surface area (Å²) in [4.78, 5) is 57.8. The van der Waals surface area contributed by atoms with E-state index in [9.17, 15) is 24.3 Å². The van der Waals surface area contributed by atoms with E-state index < -0.39 is 35.4 Å². The maximum absolute atomic E-state index is 14.1. The summed E-state index contributed by atoms with van der Waals surface area (Å²) < 4.78 is 4.76. The molecule has 0 aliphatic rings. The van der Waals surface area contributed by atoms with Crippen molar-refractivity contribution in [2.45, 2.75) is 52.7 Å². The average molecular weight is 666 g/mol. The normalized spacial score (nSPS) is 12.4. The van der Waals surface area contributed by atoms with E-state index in [1.165, 1.54) is 18.2 Å². The molecule has 4 aromatic rings. The summed E-state index contributed by atoms with van der Waals surface area (Å²) >= 11 is 0. The first-order valence-electron chi connectivity index (χ1n) is 15.9. The Kier molecular flexibility index (Phi) is 12.2. The van der Waals surface area contributed by atoms with Crippen LogP contribution in [0, 0.1) is 12.3 Å². The highest BCUT2D eigenvalue weighted by atomic mass is 16.5. The van der Waals surface area contributed by atoms with E-state index in [4.69, 9.17) is 4.74 Å². The first kappa shape index (κ1) is 36.3. The largest absolute Gasteiger partial charge is 0.508 e. The van der Waals surface area contributed by atoms with Gasteiger partial charge in [0.1, 0.15) is 11.8 Å². The van der Waals surface area contributed by atoms with Crippen molar-refractivity contribution in [2.24, 2.45) is 5.41 Å². The Balaban J connectivity index is 1.63. The Morgan fingerprint density at radius 1 is 0.857 bits per heavy atom. The minimum Gasteiger partial charge on any atom is -0.508 e. The number of pyridine rings is 1. The van der Waals surface area contributed by atoms with Gasteiger partial charge in [-0.05, 0) is 54.2 Å². The van der Waals surface area contributed by atoms with Gasteiger partial charge in [-0.1, -0.05) is 87.5 Å². The van der Waals surface area contributed by atoms with Gasteiger partial charge in [0, 0.05) is 29.4 Å². The van der Waals surface area contributed by atoms with Crippen LogP contribution in [0.4, 0.5) is 4.79 Å². The van der Waals surface area contributed by atoms with Crippen molar-refractivity contribution in [3.63, 3.8) is 0 Å². The number of carbonyl (C=O) groups excluding carboxylic acids is 4. The number of rotatable bonds is 13. The van der Waals surface area contributed by atoms with Crippen LogP contribution in [-0.4, -0.2) is 64.5 Å². The molecule has 0 spiro atoms. The number of ketones is 1. The molecule has 0 saturated carbocycles. The van der Waals surface area contributed by atoms with Gasteiger partial charge >= 0.3 is 6.09 Å². The minimum atomic E-state index is -1.00. The van der Waals surface area contributed by atoms with E-state index in [1.54, 1.807) is 46.0 Å². The fourth-order valence-electron chi connectivity index (χ4n) is 5.24. The molecule has 0 aliphatic carbocycles. The van der Waals surface area contributed by atoms with Crippen LogP contribution in [0.5, 0.6) is 5.75 Å². The van der Waals surface area contributed by atoms with E-state index >= 15 is 0 Å². The molecule has 256 valence electrons. The summed E-state index contributed by atoms with van der Waals surface area (Å²) in [5.41, 5.74) is 6.09. The second-order valence-corrected chi connectivity index (χ2v) is 12.8. The van der Waals surface area contributed by atoms with Gasteiger partial charge in [0.05, 0.1) is 25.4 Å². The van der Waals surface area contributed by atoms with Crippen LogP contribution < -0.4 is 16.1 Å². The zero-order valence-electron chi connectivity index (χ0n) is 28.4. The molecule has 4 rings (SSSR count). The molecule has 11 heteroatoms. The van der Waals surface area contributed by atoms with Crippen LogP contribution in [0.25, 0.3) is 11.3 Å². The molecule has 49 heavy (non-hydrogen) atoms. The molecular weight excluding hydrogens is 622 g/mol. The van der Waals surface area contributed by atoms with Gasteiger partial charge < -0.3 is 20.5 Å². The topological polar surface area (TPSA) is 150 Å². The molecular formula is C38H43N5O6. The van der Waals surface area contributed by atoms with Gasteiger partial charge in [-0.15, -0.1) is 0 Å². The van der Waals surface area contributed by atoms with Crippen LogP contribution in [0.2, 0.25) is 0 Å². The number of hydrazine groups is 1. The molecule has 3 aromatic carbocycles. The quantitative estimate of drug-likeness (QED) is 0.146. The van der Waals surface area contributed by atoms with Crippen LogP contribution >= 0.6 is 0 Å². The molecule has 1 unspecified atom stereocenters. The lowest BCUT2D eigenvalue weighted by Gasteiger charge is -2.33. The number of aromatic hydroxyl groups is 1. The van der Waals surface area contributed by atoms with Crippen molar-refractivity contribution in [2.75, 3.05) is 13.7 Å². The third kappa shape index (κ3) is 10.2. The standard InChI is InChI=1S/C38H43N5O6/c1-25-29(14-11-16-32(25)44)35(46)40-31(22-26-12-7-6-8-13-26)33(45)24-43(42-36(47)34(38(2,3)4)41-37(48)49-5)23-27-17-19-28(20-18-27)30-15-9-10-21-39-30/h6-21,31,34,44H,22-24H2,1-5H3,(H,40,46)(H,41,48)(H,42,47)/t31-,34?/m0/s1. The number of hydrogen-bond acceptors (Lipinski definition) is 8. The third-order valence-corrected chi connectivity index (χ3v) is 8.01. The molecule has 0 aliphatic heterocycles. The SMILES string of the molecule is COC(=O)NC(C(=O)NN(CC(=O)[C@H](Cc1ccccc1)NC(=O)c1cccc(O)c1C)Cc1ccc(-c2ccccn2)cc1)C(C)(C)C. The number of carbonyl (C=O) groups is 4. The van der Waals surface area contributed by atoms with E-state index in [0.29, 0.717) is 5.56 Å². The number of nitrogens with zero attached hydrogens (tertiary/aromatic N) is 2. The molecule has 0 fully saturated rings. The monoisotopic (exact) mass is 665 g/mol. The maximum Gasteiger partial charge on any atom is 0.407 e. The summed E-state index contributed by atoms with van der Waals surface area (Å²) in [7, 11) is 1.21. The van der Waals surface area contributed by atoms with Crippen molar-refractivity contribution in [1.82, 2.24) is 26.1 Å². The summed E-state index contributed by atoms with van der Waals surface area (Å²) in [5.74, 6) is -1.46. The van der Waals surface area contributed by atoms with E-state index in [2.05, 4.69) is 21.0 Å². The van der Waals surface area contributed by atoms with Gasteiger partial charge in [0.2, 0.25) is 0 Å². The van der Waals surface area contributed by atoms with Gasteiger partial charge in [0.15, 0.2) is 5.78 Å². The zero-order chi connectivity index (χ0) is 35.6. The van der Waals surface area contributed by atoms with E-state index in [1.807, 2.05) is 72.8 Å². The number of hydrogen-bond donors (Lipinski definition) is 4. The Hall–Kier alpha value is -5.55. The number of alkyl carbamates (subject to hydrolysis) is 1. The lowest BCUT2D eigenvalue weighted by molar-refractivity contribution is -0.132. The van der Waals surface area contributed by atoms with Crippen LogP contribution in [-0.2, 0) is 27.3 Å². The number of benzene rings is 3. The Labute approximate surface area is 286 Å². The maximum atomic E-state index is 14.1. The number of amides is 3. The number of nitrogens with one attached hydrogen (secondary N) is 3. The molecule has 11 nitrogen and oxygen atoms in total. The minimum absolute atomic E-state index is 0.0319. The molecule has 3 amide bonds. The molecule has 1 aromatic heterocycles. The number of phenolic OH excluding ortho intramolecular Hbond substituents is 1. The molecule has 1 heterocycles. The Morgan fingerprint density at radius 3 is 2.18 bits per heavy atom. The van der Waals surface area contributed by atoms with Gasteiger partial charge in [-0.25, -0.2) is 9.80 Å². The number of aromatic nitrogens is 1. The van der Waals surface area contributed by atoms with Crippen molar-refractivity contribution in [3.8, 4) is 17.0 Å². The van der Waals surface area contributed by atoms with E-state index in [-0.39, 0.29) is 36.6 Å². The summed E-state index contributed by atoms with van der Waals surface area (Å²) in [6.45, 7) is 6.88. The highest BCUT2D eigenvalue weighted by molar-refractivity contribution is 6.00. The Bertz CT molecular complexity index is 1740. The molecule has 0 bridgehead atoms. The highest BCUT2D eigenvalue weighted by Gasteiger charge is 2.35. The molecule has 4 N–H and O–H groups in total. The zero-order valence-corrected chi connectivity index (χ0v) is 28.4. The van der Waals surface area contributed by atoms with Crippen LogP contribution in [0.1, 0.15) is 47.8 Å². The van der Waals surface area contributed by atoms with Gasteiger partial charge in [-0.2, -0.15) is 0 Å². The lowest BCUT2D eigenvalue weighted by Crippen LogP contribution is -2.58. The fourth-order valence-corrected chi connectivity index (χ4v) is 5.24. The number of methoxy groups -OCH3 is 1. The van der Waals surface area contributed by atoms with Crippen LogP contribution in [0.15, 0.2) is 97.2 Å². The van der Waals surface area contributed by atoms with Gasteiger partial charge in [-0.3, -0.25) is 24.8 Å². The summed E-state index contributed by atoms with van der Waals surface area (Å²) in [6.07, 6.45) is 1.14. The van der Waals surface area contributed by atoms with Crippen molar-refractivity contribution < 1.29 is 29.0 Å². The number of Topliss-reactive ketones (excluding diaryl/α,β-unsaturated/α-hetero) is 1. The lowest BCUT2D eigenvalue weighted by atomic mass is 9.86. The number of phenols is 1. The predicted molar refractivity (Wildman–Crippen MR) is 186 cm³/mol. The predicted octanol–water partition coefficient (Wildman–Crippen LogP) is 4.98. The second-order valence-electron chi connectivity index (χ2n) is 12.8. The van der Waals surface area contributed by atoms with Crippen LogP contribution in [0.3, 0.4) is 0 Å². The number of ether oxygens (including phenoxy) is 1. The van der Waals surface area contributed by atoms with Crippen molar-refractivity contribution in [3.05, 3.63) is 119 Å². The van der Waals surface area contributed by atoms with E-state index in [0.717, 1.165) is 22.4 Å². The molecule has 2 atom stereocenters. The van der Waals surface area contributed by atoms with Crippen molar-refractivity contribution >= 4 is 23.7 Å². The second kappa shape index (κ2) is 16.5.